The lowest BCUT2D eigenvalue weighted by atomic mass is 10.2. The van der Waals surface area contributed by atoms with E-state index in [9.17, 15) is 18.0 Å². The van der Waals surface area contributed by atoms with Gasteiger partial charge in [-0.1, -0.05) is 18.2 Å². The van der Waals surface area contributed by atoms with E-state index in [1.54, 1.807) is 6.07 Å². The SMILES string of the molecule is O=C(O)c1cc(C=NS(=O)(=O)c2ccccc2)cc(C(=O)O)n1. The molecular weight excluding hydrogens is 324 g/mol. The van der Waals surface area contributed by atoms with Gasteiger partial charge < -0.3 is 10.2 Å². The Morgan fingerprint density at radius 1 is 1.00 bits per heavy atom. The zero-order valence-corrected chi connectivity index (χ0v) is 12.3. The fourth-order valence-corrected chi connectivity index (χ4v) is 2.51. The van der Waals surface area contributed by atoms with Crippen molar-refractivity contribution in [1.29, 1.82) is 0 Å². The van der Waals surface area contributed by atoms with Gasteiger partial charge in [0, 0.05) is 6.21 Å². The molecule has 0 saturated heterocycles. The van der Waals surface area contributed by atoms with Crippen molar-refractivity contribution in [2.45, 2.75) is 4.90 Å². The van der Waals surface area contributed by atoms with Crippen molar-refractivity contribution >= 4 is 28.2 Å². The van der Waals surface area contributed by atoms with Crippen LogP contribution in [0.25, 0.3) is 0 Å². The van der Waals surface area contributed by atoms with E-state index in [2.05, 4.69) is 9.38 Å². The maximum Gasteiger partial charge on any atom is 0.354 e. The van der Waals surface area contributed by atoms with Crippen LogP contribution in [0.15, 0.2) is 51.8 Å². The third-order valence-corrected chi connectivity index (χ3v) is 3.92. The molecule has 0 aliphatic heterocycles. The number of carboxylic acid groups (broad SMARTS) is 2. The minimum atomic E-state index is -3.97. The predicted octanol–water partition coefficient (Wildman–Crippen LogP) is 1.29. The van der Waals surface area contributed by atoms with Gasteiger partial charge in [0.1, 0.15) is 11.4 Å². The second kappa shape index (κ2) is 6.36. The Labute approximate surface area is 130 Å². The Morgan fingerprint density at radius 2 is 1.52 bits per heavy atom. The summed E-state index contributed by atoms with van der Waals surface area (Å²) in [6.07, 6.45) is 0.878. The van der Waals surface area contributed by atoms with Crippen molar-refractivity contribution < 1.29 is 28.2 Å². The van der Waals surface area contributed by atoms with Crippen molar-refractivity contribution in [3.05, 3.63) is 59.4 Å². The van der Waals surface area contributed by atoms with Crippen LogP contribution in [0.3, 0.4) is 0 Å². The summed E-state index contributed by atoms with van der Waals surface area (Å²) < 4.78 is 27.4. The van der Waals surface area contributed by atoms with Crippen LogP contribution < -0.4 is 0 Å². The summed E-state index contributed by atoms with van der Waals surface area (Å²) in [5.74, 6) is -2.87. The van der Waals surface area contributed by atoms with E-state index in [0.717, 1.165) is 18.3 Å². The van der Waals surface area contributed by atoms with E-state index < -0.39 is 33.3 Å². The summed E-state index contributed by atoms with van der Waals surface area (Å²) in [4.78, 5) is 25.3. The van der Waals surface area contributed by atoms with Crippen LogP contribution in [0.2, 0.25) is 0 Å². The number of aromatic nitrogens is 1. The molecule has 0 fully saturated rings. The topological polar surface area (TPSA) is 134 Å². The van der Waals surface area contributed by atoms with Crippen LogP contribution in [0, 0.1) is 0 Å². The molecule has 0 atom stereocenters. The molecule has 2 rings (SSSR count). The summed E-state index contributed by atoms with van der Waals surface area (Å²) in [7, 11) is -3.97. The standard InChI is InChI=1S/C14H10N2O6S/c17-13(18)11-6-9(7-12(16-11)14(19)20)8-15-23(21,22)10-4-2-1-3-5-10/h1-8H,(H,17,18)(H,19,20). The van der Waals surface area contributed by atoms with Crippen LogP contribution in [-0.4, -0.2) is 41.8 Å². The molecule has 0 amide bonds. The first-order valence-corrected chi connectivity index (χ1v) is 7.58. The first-order chi connectivity index (χ1) is 10.8. The van der Waals surface area contributed by atoms with Crippen LogP contribution in [0.4, 0.5) is 0 Å². The fraction of sp³-hybridized carbons (Fsp3) is 0. The summed E-state index contributed by atoms with van der Waals surface area (Å²) in [6.45, 7) is 0. The van der Waals surface area contributed by atoms with E-state index >= 15 is 0 Å². The van der Waals surface area contributed by atoms with Gasteiger partial charge in [-0.05, 0) is 29.8 Å². The molecule has 0 saturated carbocycles. The van der Waals surface area contributed by atoms with E-state index in [4.69, 9.17) is 10.2 Å². The van der Waals surface area contributed by atoms with Crippen molar-refractivity contribution in [2.75, 3.05) is 0 Å². The Kier molecular flexibility index (Phi) is 4.51. The van der Waals surface area contributed by atoms with E-state index in [1.165, 1.54) is 24.3 Å². The van der Waals surface area contributed by atoms with Gasteiger partial charge in [-0.2, -0.15) is 12.8 Å². The van der Waals surface area contributed by atoms with Gasteiger partial charge >= 0.3 is 11.9 Å². The van der Waals surface area contributed by atoms with Crippen LogP contribution in [-0.2, 0) is 10.0 Å². The van der Waals surface area contributed by atoms with Crippen LogP contribution in [0.5, 0.6) is 0 Å². The number of benzene rings is 1. The minimum Gasteiger partial charge on any atom is -0.477 e. The molecule has 0 radical (unpaired) electrons. The van der Waals surface area contributed by atoms with E-state index in [-0.39, 0.29) is 10.5 Å². The summed E-state index contributed by atoms with van der Waals surface area (Å²) in [5.41, 5.74) is -1.05. The number of hydrogen-bond acceptors (Lipinski definition) is 5. The first-order valence-electron chi connectivity index (χ1n) is 6.13. The van der Waals surface area contributed by atoms with Gasteiger partial charge in [-0.3, -0.25) is 0 Å². The molecule has 2 N–H and O–H groups in total. The average molecular weight is 334 g/mol. The maximum absolute atomic E-state index is 12.0. The second-order valence-electron chi connectivity index (χ2n) is 4.30. The number of carboxylic acids is 2. The Hall–Kier alpha value is -3.07. The summed E-state index contributed by atoms with van der Waals surface area (Å²) >= 11 is 0. The number of hydrogen-bond donors (Lipinski definition) is 2. The average Bonchev–Trinajstić information content (AvgIpc) is 2.53. The summed E-state index contributed by atoms with van der Waals surface area (Å²) in [5, 5.41) is 17.8. The first kappa shape index (κ1) is 16.3. The molecule has 0 spiro atoms. The van der Waals surface area contributed by atoms with Gasteiger partial charge in [0.15, 0.2) is 0 Å². The smallest absolute Gasteiger partial charge is 0.354 e. The molecule has 2 aromatic rings. The monoisotopic (exact) mass is 334 g/mol. The molecule has 1 heterocycles. The normalized spacial score (nSPS) is 11.5. The lowest BCUT2D eigenvalue weighted by Crippen LogP contribution is -2.09. The van der Waals surface area contributed by atoms with Crippen molar-refractivity contribution in [2.24, 2.45) is 4.40 Å². The highest BCUT2D eigenvalue weighted by Gasteiger charge is 2.14. The Morgan fingerprint density at radius 3 is 2.00 bits per heavy atom. The van der Waals surface area contributed by atoms with Gasteiger partial charge in [0.05, 0.1) is 4.90 Å². The third kappa shape index (κ3) is 3.98. The molecule has 23 heavy (non-hydrogen) atoms. The van der Waals surface area contributed by atoms with Crippen molar-refractivity contribution in [1.82, 2.24) is 4.98 Å². The van der Waals surface area contributed by atoms with Gasteiger partial charge in [0.2, 0.25) is 0 Å². The molecule has 1 aromatic heterocycles. The molecular formula is C14H10N2O6S. The molecule has 0 bridgehead atoms. The van der Waals surface area contributed by atoms with Crippen LogP contribution in [0.1, 0.15) is 26.5 Å². The molecule has 118 valence electrons. The second-order valence-corrected chi connectivity index (χ2v) is 5.94. The number of sulfonamides is 1. The molecule has 0 aliphatic rings. The number of nitrogens with zero attached hydrogens (tertiary/aromatic N) is 2. The Bertz CT molecular complexity index is 858. The zero-order valence-electron chi connectivity index (χ0n) is 11.4. The van der Waals surface area contributed by atoms with Gasteiger partial charge in [-0.25, -0.2) is 14.6 Å². The van der Waals surface area contributed by atoms with Gasteiger partial charge in [0.25, 0.3) is 10.0 Å². The number of carbonyl (C=O) groups is 2. The quantitative estimate of drug-likeness (QED) is 0.787. The molecule has 0 aliphatic carbocycles. The molecule has 9 heteroatoms. The number of aromatic carboxylic acids is 2. The Balaban J connectivity index is 2.43. The molecule has 8 nitrogen and oxygen atoms in total. The molecule has 0 unspecified atom stereocenters. The maximum atomic E-state index is 12.0. The summed E-state index contributed by atoms with van der Waals surface area (Å²) in [6, 6.07) is 9.45. The van der Waals surface area contributed by atoms with Gasteiger partial charge in [-0.15, -0.1) is 0 Å². The zero-order chi connectivity index (χ0) is 17.0. The van der Waals surface area contributed by atoms with E-state index in [0.29, 0.717) is 0 Å². The minimum absolute atomic E-state index is 0.00527. The highest BCUT2D eigenvalue weighted by atomic mass is 32.2. The third-order valence-electron chi connectivity index (χ3n) is 2.67. The highest BCUT2D eigenvalue weighted by molar-refractivity contribution is 7.90. The lowest BCUT2D eigenvalue weighted by molar-refractivity contribution is 0.0685. The van der Waals surface area contributed by atoms with Crippen LogP contribution >= 0.6 is 0 Å². The highest BCUT2D eigenvalue weighted by Crippen LogP contribution is 2.12. The van der Waals surface area contributed by atoms with Crippen molar-refractivity contribution in [3.8, 4) is 0 Å². The largest absolute Gasteiger partial charge is 0.477 e. The fourth-order valence-electron chi connectivity index (χ4n) is 1.63. The van der Waals surface area contributed by atoms with E-state index in [1.807, 2.05) is 0 Å². The predicted molar refractivity (Wildman–Crippen MR) is 79.4 cm³/mol. The lowest BCUT2D eigenvalue weighted by Gasteiger charge is -2.01. The van der Waals surface area contributed by atoms with Crippen molar-refractivity contribution in [3.63, 3.8) is 0 Å². The molecule has 1 aromatic carbocycles. The number of pyridine rings is 1. The number of rotatable bonds is 5.